The molecule has 3 nitrogen and oxygen atoms in total. The van der Waals surface area contributed by atoms with Gasteiger partial charge < -0.3 is 9.84 Å². The van der Waals surface area contributed by atoms with Crippen molar-refractivity contribution in [3.63, 3.8) is 0 Å². The standard InChI is InChI=1S/C15H23IO3/c1-11-8-9-13(17)6-4-3-5-7-14(18)19-15(11)12(2)10-16/h8-11,13,15,17H,3-7H2,1-2H3/b9-8-,12-10+/t11-,13+,15-/m0/s1. The maximum atomic E-state index is 11.8. The fourth-order valence-electron chi connectivity index (χ4n) is 2.18. The molecular weight excluding hydrogens is 355 g/mol. The number of carbonyl (C=O) groups is 1. The van der Waals surface area contributed by atoms with Crippen LogP contribution < -0.4 is 0 Å². The molecule has 108 valence electrons. The molecule has 0 aromatic heterocycles. The highest BCUT2D eigenvalue weighted by atomic mass is 127. The smallest absolute Gasteiger partial charge is 0.306 e. The number of aliphatic hydroxyl groups excluding tert-OH is 1. The van der Waals surface area contributed by atoms with Crippen molar-refractivity contribution in [3.05, 3.63) is 21.8 Å². The molecule has 1 aliphatic heterocycles. The summed E-state index contributed by atoms with van der Waals surface area (Å²) in [6, 6.07) is 0. The molecule has 0 spiro atoms. The van der Waals surface area contributed by atoms with E-state index in [9.17, 15) is 9.90 Å². The third kappa shape index (κ3) is 6.08. The summed E-state index contributed by atoms with van der Waals surface area (Å²) in [5, 5.41) is 9.83. The van der Waals surface area contributed by atoms with E-state index in [2.05, 4.69) is 22.6 Å². The van der Waals surface area contributed by atoms with E-state index in [1.165, 1.54) is 0 Å². The van der Waals surface area contributed by atoms with Crippen molar-refractivity contribution in [2.45, 2.75) is 58.2 Å². The summed E-state index contributed by atoms with van der Waals surface area (Å²) in [6.45, 7) is 3.98. The van der Waals surface area contributed by atoms with Crippen LogP contribution in [0.1, 0.15) is 46.0 Å². The Morgan fingerprint density at radius 1 is 1.42 bits per heavy atom. The van der Waals surface area contributed by atoms with E-state index in [1.54, 1.807) is 0 Å². The molecule has 0 aromatic carbocycles. The third-order valence-corrected chi connectivity index (χ3v) is 4.36. The van der Waals surface area contributed by atoms with Crippen LogP contribution in [0.5, 0.6) is 0 Å². The zero-order valence-electron chi connectivity index (χ0n) is 11.6. The van der Waals surface area contributed by atoms with Gasteiger partial charge in [-0.2, -0.15) is 0 Å². The number of esters is 1. The van der Waals surface area contributed by atoms with E-state index in [0.717, 1.165) is 31.3 Å². The van der Waals surface area contributed by atoms with E-state index >= 15 is 0 Å². The Labute approximate surface area is 129 Å². The fourth-order valence-corrected chi connectivity index (χ4v) is 2.53. The van der Waals surface area contributed by atoms with E-state index in [0.29, 0.717) is 6.42 Å². The Morgan fingerprint density at radius 2 is 2.16 bits per heavy atom. The van der Waals surface area contributed by atoms with E-state index in [-0.39, 0.29) is 24.1 Å². The predicted molar refractivity (Wildman–Crippen MR) is 85.1 cm³/mol. The van der Waals surface area contributed by atoms with E-state index in [1.807, 2.05) is 30.1 Å². The lowest BCUT2D eigenvalue weighted by molar-refractivity contribution is -0.148. The van der Waals surface area contributed by atoms with Crippen molar-refractivity contribution < 1.29 is 14.6 Å². The number of aliphatic hydroxyl groups is 1. The molecule has 0 bridgehead atoms. The molecule has 0 amide bonds. The van der Waals surface area contributed by atoms with Crippen molar-refractivity contribution in [3.8, 4) is 0 Å². The second-order valence-electron chi connectivity index (χ2n) is 5.17. The summed E-state index contributed by atoms with van der Waals surface area (Å²) in [6.07, 6.45) is 7.14. The van der Waals surface area contributed by atoms with Crippen LogP contribution in [0.25, 0.3) is 0 Å². The van der Waals surface area contributed by atoms with Crippen LogP contribution in [0, 0.1) is 5.92 Å². The molecule has 0 saturated heterocycles. The summed E-state index contributed by atoms with van der Waals surface area (Å²) < 4.78 is 7.53. The monoisotopic (exact) mass is 378 g/mol. The van der Waals surface area contributed by atoms with Crippen LogP contribution in [0.15, 0.2) is 21.8 Å². The molecule has 0 aliphatic carbocycles. The molecule has 0 unspecified atom stereocenters. The van der Waals surface area contributed by atoms with Crippen molar-refractivity contribution in [2.75, 3.05) is 0 Å². The van der Waals surface area contributed by atoms with Crippen molar-refractivity contribution in [1.29, 1.82) is 0 Å². The molecular formula is C15H23IO3. The number of cyclic esters (lactones) is 1. The first-order chi connectivity index (χ1) is 9.04. The van der Waals surface area contributed by atoms with Crippen LogP contribution >= 0.6 is 22.6 Å². The van der Waals surface area contributed by atoms with Gasteiger partial charge >= 0.3 is 5.97 Å². The van der Waals surface area contributed by atoms with Crippen molar-refractivity contribution in [2.24, 2.45) is 5.92 Å². The molecule has 0 saturated carbocycles. The molecule has 1 rings (SSSR count). The van der Waals surface area contributed by atoms with Gasteiger partial charge in [-0.3, -0.25) is 4.79 Å². The highest BCUT2D eigenvalue weighted by Crippen LogP contribution is 2.21. The second kappa shape index (κ2) is 8.74. The predicted octanol–water partition coefficient (Wildman–Crippen LogP) is 3.75. The maximum Gasteiger partial charge on any atom is 0.306 e. The largest absolute Gasteiger partial charge is 0.457 e. The van der Waals surface area contributed by atoms with Gasteiger partial charge in [-0.25, -0.2) is 0 Å². The van der Waals surface area contributed by atoms with E-state index in [4.69, 9.17) is 4.74 Å². The average molecular weight is 378 g/mol. The highest BCUT2D eigenvalue weighted by molar-refractivity contribution is 14.1. The van der Waals surface area contributed by atoms with Crippen LogP contribution in [0.2, 0.25) is 0 Å². The lowest BCUT2D eigenvalue weighted by atomic mass is 9.97. The summed E-state index contributed by atoms with van der Waals surface area (Å²) in [5.74, 6) is -0.0481. The van der Waals surface area contributed by atoms with Crippen LogP contribution in [0.3, 0.4) is 0 Å². The lowest BCUT2D eigenvalue weighted by Gasteiger charge is -2.23. The lowest BCUT2D eigenvalue weighted by Crippen LogP contribution is -2.26. The first kappa shape index (κ1) is 16.7. The number of hydrogen-bond donors (Lipinski definition) is 1. The molecule has 1 N–H and O–H groups in total. The summed E-state index contributed by atoms with van der Waals surface area (Å²) in [7, 11) is 0. The first-order valence-electron chi connectivity index (χ1n) is 6.87. The number of ether oxygens (including phenoxy) is 1. The van der Waals surface area contributed by atoms with Gasteiger partial charge in [-0.1, -0.05) is 54.5 Å². The van der Waals surface area contributed by atoms with Gasteiger partial charge in [0.2, 0.25) is 0 Å². The Morgan fingerprint density at radius 3 is 2.84 bits per heavy atom. The highest BCUT2D eigenvalue weighted by Gasteiger charge is 2.22. The second-order valence-corrected chi connectivity index (χ2v) is 5.80. The molecule has 0 aromatic rings. The Balaban J connectivity index is 2.84. The van der Waals surface area contributed by atoms with Crippen LogP contribution in [0.4, 0.5) is 0 Å². The summed E-state index contributed by atoms with van der Waals surface area (Å²) in [4.78, 5) is 11.8. The van der Waals surface area contributed by atoms with Gasteiger partial charge in [0.15, 0.2) is 0 Å². The normalized spacial score (nSPS) is 32.9. The summed E-state index contributed by atoms with van der Waals surface area (Å²) >= 11 is 2.16. The van der Waals surface area contributed by atoms with Gasteiger partial charge in [0.25, 0.3) is 0 Å². The van der Waals surface area contributed by atoms with Crippen molar-refractivity contribution >= 4 is 28.6 Å². The molecule has 19 heavy (non-hydrogen) atoms. The Bertz CT molecular complexity index is 349. The van der Waals surface area contributed by atoms with Gasteiger partial charge in [0, 0.05) is 12.3 Å². The fraction of sp³-hybridized carbons (Fsp3) is 0.667. The zero-order chi connectivity index (χ0) is 14.3. The molecule has 1 heterocycles. The number of rotatable bonds is 1. The molecule has 1 aliphatic rings. The minimum absolute atomic E-state index is 0.0732. The molecule has 4 heteroatoms. The number of carbonyl (C=O) groups excluding carboxylic acids is 1. The van der Waals surface area contributed by atoms with Gasteiger partial charge in [0.05, 0.1) is 6.10 Å². The van der Waals surface area contributed by atoms with Crippen molar-refractivity contribution in [1.82, 2.24) is 0 Å². The minimum Gasteiger partial charge on any atom is -0.457 e. The van der Waals surface area contributed by atoms with Crippen LogP contribution in [-0.2, 0) is 9.53 Å². The number of halogens is 1. The Hall–Kier alpha value is -0.360. The quantitative estimate of drug-likeness (QED) is 0.430. The SMILES string of the molecule is C/C(=C\I)[C@H]1OC(=O)CCCCC[C@@H](O)/C=C\[C@@H]1C. The Kier molecular flexibility index (Phi) is 7.68. The zero-order valence-corrected chi connectivity index (χ0v) is 13.8. The van der Waals surface area contributed by atoms with Gasteiger partial charge in [-0.05, 0) is 29.4 Å². The summed E-state index contributed by atoms with van der Waals surface area (Å²) in [5.41, 5.74) is 1.04. The third-order valence-electron chi connectivity index (χ3n) is 3.37. The maximum absolute atomic E-state index is 11.8. The van der Waals surface area contributed by atoms with Gasteiger partial charge in [0.1, 0.15) is 6.10 Å². The van der Waals surface area contributed by atoms with E-state index < -0.39 is 0 Å². The molecule has 3 atom stereocenters. The van der Waals surface area contributed by atoms with Gasteiger partial charge in [-0.15, -0.1) is 0 Å². The minimum atomic E-state index is -0.387. The van der Waals surface area contributed by atoms with Crippen LogP contribution in [-0.4, -0.2) is 23.3 Å². The first-order valence-corrected chi connectivity index (χ1v) is 8.12. The molecule has 0 radical (unpaired) electrons. The topological polar surface area (TPSA) is 46.5 Å². The molecule has 0 fully saturated rings. The number of hydrogen-bond acceptors (Lipinski definition) is 3. The average Bonchev–Trinajstić information content (AvgIpc) is 2.39.